The molecule has 1 N–H and O–H groups in total. The summed E-state index contributed by atoms with van der Waals surface area (Å²) in [5.74, 6) is -0.166. The van der Waals surface area contributed by atoms with Gasteiger partial charge in [0.2, 0.25) is 0 Å². The Hall–Kier alpha value is -1.35. The van der Waals surface area contributed by atoms with Gasteiger partial charge in [-0.2, -0.15) is 0 Å². The van der Waals surface area contributed by atoms with Crippen LogP contribution >= 0.6 is 0 Å². The van der Waals surface area contributed by atoms with Crippen LogP contribution in [0.15, 0.2) is 18.2 Å². The van der Waals surface area contributed by atoms with Crippen molar-refractivity contribution in [2.75, 3.05) is 6.54 Å². The quantitative estimate of drug-likeness (QED) is 0.815. The highest BCUT2D eigenvalue weighted by Crippen LogP contribution is 2.26. The lowest BCUT2D eigenvalue weighted by atomic mass is 10.1. The fraction of sp³-hybridized carbons (Fsp3) is 0.500. The molecule has 0 aliphatic carbocycles. The molecular formula is C16H23FN2. The molecule has 0 unspecified atom stereocenters. The summed E-state index contributed by atoms with van der Waals surface area (Å²) in [6.45, 7) is 7.45. The van der Waals surface area contributed by atoms with E-state index in [1.54, 1.807) is 12.1 Å². The Labute approximate surface area is 114 Å². The smallest absolute Gasteiger partial charge is 0.125 e. The maximum atomic E-state index is 13.3. The van der Waals surface area contributed by atoms with Crippen LogP contribution in [0.4, 0.5) is 4.39 Å². The molecule has 0 atom stereocenters. The summed E-state index contributed by atoms with van der Waals surface area (Å²) in [6.07, 6.45) is 2.14. The fourth-order valence-corrected chi connectivity index (χ4v) is 2.59. The van der Waals surface area contributed by atoms with E-state index in [9.17, 15) is 4.39 Å². The van der Waals surface area contributed by atoms with Crippen molar-refractivity contribution in [3.8, 4) is 0 Å². The first-order valence-corrected chi connectivity index (χ1v) is 6.97. The Balaban J connectivity index is 2.20. The van der Waals surface area contributed by atoms with E-state index in [4.69, 9.17) is 0 Å². The van der Waals surface area contributed by atoms with Crippen LogP contribution in [-0.2, 0) is 13.5 Å². The van der Waals surface area contributed by atoms with Crippen molar-refractivity contribution < 1.29 is 4.39 Å². The van der Waals surface area contributed by atoms with E-state index in [-0.39, 0.29) is 5.82 Å². The summed E-state index contributed by atoms with van der Waals surface area (Å²) in [5.41, 5.74) is 3.58. The molecule has 0 saturated carbocycles. The zero-order valence-electron chi connectivity index (χ0n) is 12.3. The van der Waals surface area contributed by atoms with Crippen LogP contribution in [0, 0.1) is 12.7 Å². The van der Waals surface area contributed by atoms with Gasteiger partial charge in [0.25, 0.3) is 0 Å². The monoisotopic (exact) mass is 262 g/mol. The molecule has 1 heterocycles. The van der Waals surface area contributed by atoms with E-state index < -0.39 is 0 Å². The van der Waals surface area contributed by atoms with Crippen LogP contribution < -0.4 is 5.32 Å². The van der Waals surface area contributed by atoms with Gasteiger partial charge in [-0.15, -0.1) is 0 Å². The van der Waals surface area contributed by atoms with Gasteiger partial charge in [-0.25, -0.2) is 4.39 Å². The minimum absolute atomic E-state index is 0.166. The van der Waals surface area contributed by atoms with Gasteiger partial charge in [0, 0.05) is 24.2 Å². The van der Waals surface area contributed by atoms with Crippen LogP contribution in [0.3, 0.4) is 0 Å². The Morgan fingerprint density at radius 1 is 1.32 bits per heavy atom. The van der Waals surface area contributed by atoms with Gasteiger partial charge in [0.05, 0.1) is 5.52 Å². The van der Waals surface area contributed by atoms with Crippen molar-refractivity contribution in [1.29, 1.82) is 0 Å². The van der Waals surface area contributed by atoms with Crippen LogP contribution in [0.1, 0.15) is 31.5 Å². The number of nitrogens with one attached hydrogen (secondary N) is 1. The largest absolute Gasteiger partial charge is 0.348 e. The number of aromatic nitrogens is 1. The summed E-state index contributed by atoms with van der Waals surface area (Å²) in [6, 6.07) is 5.61. The molecule has 1 aromatic carbocycles. The number of halogens is 1. The molecule has 2 nitrogen and oxygen atoms in total. The summed E-state index contributed by atoms with van der Waals surface area (Å²) in [7, 11) is 2.01. The van der Waals surface area contributed by atoms with Crippen LogP contribution in [0.5, 0.6) is 0 Å². The Morgan fingerprint density at radius 3 is 2.74 bits per heavy atom. The van der Waals surface area contributed by atoms with Crippen molar-refractivity contribution in [2.45, 2.75) is 39.7 Å². The molecule has 0 amide bonds. The highest BCUT2D eigenvalue weighted by atomic mass is 19.1. The number of fused-ring (bicyclic) bond motifs is 1. The third kappa shape index (κ3) is 2.98. The van der Waals surface area contributed by atoms with Crippen LogP contribution in [0.25, 0.3) is 10.9 Å². The van der Waals surface area contributed by atoms with Crippen molar-refractivity contribution in [3.63, 3.8) is 0 Å². The van der Waals surface area contributed by atoms with Crippen molar-refractivity contribution in [3.05, 3.63) is 35.3 Å². The van der Waals surface area contributed by atoms with Gasteiger partial charge in [-0.05, 0) is 50.1 Å². The first kappa shape index (κ1) is 14.1. The zero-order chi connectivity index (χ0) is 14.0. The second kappa shape index (κ2) is 5.74. The first-order chi connectivity index (χ1) is 9.00. The third-order valence-corrected chi connectivity index (χ3v) is 3.74. The predicted octanol–water partition coefficient (Wildman–Crippen LogP) is 3.56. The lowest BCUT2D eigenvalue weighted by Gasteiger charge is -2.08. The van der Waals surface area contributed by atoms with Gasteiger partial charge in [-0.3, -0.25) is 0 Å². The normalized spacial score (nSPS) is 11.7. The van der Waals surface area contributed by atoms with Gasteiger partial charge < -0.3 is 9.88 Å². The van der Waals surface area contributed by atoms with E-state index in [1.807, 2.05) is 13.1 Å². The number of rotatable bonds is 5. The molecule has 0 saturated heterocycles. The molecule has 2 aromatic rings. The van der Waals surface area contributed by atoms with Crippen molar-refractivity contribution in [2.24, 2.45) is 7.05 Å². The highest BCUT2D eigenvalue weighted by Gasteiger charge is 2.12. The van der Waals surface area contributed by atoms with Crippen LogP contribution in [-0.4, -0.2) is 17.2 Å². The zero-order valence-corrected chi connectivity index (χ0v) is 12.3. The van der Waals surface area contributed by atoms with Crippen LogP contribution in [0.2, 0.25) is 0 Å². The van der Waals surface area contributed by atoms with E-state index in [2.05, 4.69) is 30.7 Å². The molecular weight excluding hydrogens is 239 g/mol. The van der Waals surface area contributed by atoms with Gasteiger partial charge in [0.15, 0.2) is 0 Å². The maximum Gasteiger partial charge on any atom is 0.125 e. The highest BCUT2D eigenvalue weighted by molar-refractivity contribution is 5.85. The second-order valence-corrected chi connectivity index (χ2v) is 5.50. The molecule has 0 aliphatic heterocycles. The van der Waals surface area contributed by atoms with Crippen molar-refractivity contribution >= 4 is 10.9 Å². The summed E-state index contributed by atoms with van der Waals surface area (Å²) in [5, 5.41) is 4.62. The van der Waals surface area contributed by atoms with E-state index in [0.717, 1.165) is 24.9 Å². The molecule has 1 aromatic heterocycles. The Morgan fingerprint density at radius 2 is 2.05 bits per heavy atom. The molecule has 2 rings (SSSR count). The lowest BCUT2D eigenvalue weighted by molar-refractivity contribution is 0.570. The summed E-state index contributed by atoms with van der Waals surface area (Å²) in [4.78, 5) is 0. The molecule has 0 bridgehead atoms. The SMILES string of the molecule is Cc1c(CCCNC(C)C)c2ccc(F)cc2n1C. The van der Waals surface area contributed by atoms with Crippen molar-refractivity contribution in [1.82, 2.24) is 9.88 Å². The van der Waals surface area contributed by atoms with E-state index in [0.29, 0.717) is 6.04 Å². The summed E-state index contributed by atoms with van der Waals surface area (Å²) >= 11 is 0. The molecule has 0 aliphatic rings. The molecule has 0 fully saturated rings. The lowest BCUT2D eigenvalue weighted by Crippen LogP contribution is -2.23. The molecule has 19 heavy (non-hydrogen) atoms. The minimum Gasteiger partial charge on any atom is -0.348 e. The van der Waals surface area contributed by atoms with Gasteiger partial charge >= 0.3 is 0 Å². The number of nitrogens with zero attached hydrogens (tertiary/aromatic N) is 1. The molecule has 0 spiro atoms. The fourth-order valence-electron chi connectivity index (χ4n) is 2.59. The van der Waals surface area contributed by atoms with E-state index in [1.165, 1.54) is 16.6 Å². The average Bonchev–Trinajstić information content (AvgIpc) is 2.59. The molecule has 0 radical (unpaired) electrons. The number of hydrogen-bond acceptors (Lipinski definition) is 1. The standard InChI is InChI=1S/C16H23FN2/c1-11(2)18-9-5-6-14-12(3)19(4)16-10-13(17)7-8-15(14)16/h7-8,10-11,18H,5-6,9H2,1-4H3. The number of hydrogen-bond donors (Lipinski definition) is 1. The average molecular weight is 262 g/mol. The summed E-state index contributed by atoms with van der Waals surface area (Å²) < 4.78 is 15.4. The third-order valence-electron chi connectivity index (χ3n) is 3.74. The first-order valence-electron chi connectivity index (χ1n) is 6.97. The molecule has 104 valence electrons. The Bertz CT molecular complexity index is 570. The predicted molar refractivity (Wildman–Crippen MR) is 79.1 cm³/mol. The number of aryl methyl sites for hydroxylation is 2. The topological polar surface area (TPSA) is 17.0 Å². The minimum atomic E-state index is -0.166. The van der Waals surface area contributed by atoms with E-state index >= 15 is 0 Å². The van der Waals surface area contributed by atoms with Gasteiger partial charge in [-0.1, -0.05) is 13.8 Å². The Kier molecular flexibility index (Phi) is 4.25. The molecule has 3 heteroatoms. The number of benzene rings is 1. The maximum absolute atomic E-state index is 13.3. The second-order valence-electron chi connectivity index (χ2n) is 5.50. The van der Waals surface area contributed by atoms with Gasteiger partial charge in [0.1, 0.15) is 5.82 Å².